The minimum absolute atomic E-state index is 0.0431. The lowest BCUT2D eigenvalue weighted by molar-refractivity contribution is 0.0477. The topological polar surface area (TPSA) is 105 Å². The van der Waals surface area contributed by atoms with Gasteiger partial charge in [0.2, 0.25) is 0 Å². The van der Waals surface area contributed by atoms with Gasteiger partial charge in [0.1, 0.15) is 11.5 Å². The molecule has 0 unspecified atom stereocenters. The molecule has 1 aliphatic heterocycles. The molecule has 3 rings (SSSR count). The van der Waals surface area contributed by atoms with E-state index in [0.717, 1.165) is 0 Å². The molecular weight excluding hydrogens is 344 g/mol. The molecule has 0 N–H and O–H groups in total. The van der Waals surface area contributed by atoms with Gasteiger partial charge in [-0.15, -0.1) is 0 Å². The van der Waals surface area contributed by atoms with Gasteiger partial charge in [0.05, 0.1) is 29.3 Å². The molecule has 2 aromatic carbocycles. The van der Waals surface area contributed by atoms with E-state index in [0.29, 0.717) is 9.87 Å². The molecule has 0 fully saturated rings. The van der Waals surface area contributed by atoms with Gasteiger partial charge in [0.15, 0.2) is 0 Å². The van der Waals surface area contributed by atoms with Crippen LogP contribution in [0.25, 0.3) is 0 Å². The normalized spacial score (nSPS) is 14.7. The lowest BCUT2D eigenvalue weighted by atomic mass is 10.1. The summed E-state index contributed by atoms with van der Waals surface area (Å²) in [6.07, 6.45) is 0. The van der Waals surface area contributed by atoms with Crippen LogP contribution in [0.1, 0.15) is 26.3 Å². The largest absolute Gasteiger partial charge is 0.460 e. The number of hydrogen-bond donors (Lipinski definition) is 0. The van der Waals surface area contributed by atoms with Crippen LogP contribution in [0.4, 0.5) is 0 Å². The van der Waals surface area contributed by atoms with E-state index >= 15 is 0 Å². The minimum Gasteiger partial charge on any atom is -0.460 e. The van der Waals surface area contributed by atoms with Crippen LogP contribution in [-0.4, -0.2) is 37.8 Å². The highest BCUT2D eigenvalue weighted by molar-refractivity contribution is 7.90. The highest BCUT2D eigenvalue weighted by atomic mass is 32.2. The number of hydrogen-bond acceptors (Lipinski definition) is 6. The molecule has 0 aliphatic carbocycles. The third-order valence-electron chi connectivity index (χ3n) is 3.69. The van der Waals surface area contributed by atoms with Crippen LogP contribution in [-0.2, 0) is 14.8 Å². The average Bonchev–Trinajstić information content (AvgIpc) is 2.82. The van der Waals surface area contributed by atoms with Gasteiger partial charge in [0, 0.05) is 0 Å². The number of carbonyl (C=O) groups excluding carboxylic acids is 2. The number of nitriles is 1. The molecule has 1 aliphatic rings. The van der Waals surface area contributed by atoms with Crippen LogP contribution in [0.15, 0.2) is 53.4 Å². The van der Waals surface area contributed by atoms with Gasteiger partial charge in [-0.1, -0.05) is 12.1 Å². The number of sulfonamides is 1. The van der Waals surface area contributed by atoms with E-state index in [1.807, 2.05) is 6.07 Å². The third-order valence-corrected chi connectivity index (χ3v) is 5.53. The molecule has 7 nitrogen and oxygen atoms in total. The van der Waals surface area contributed by atoms with Crippen LogP contribution in [0.5, 0.6) is 0 Å². The molecule has 25 heavy (non-hydrogen) atoms. The first-order valence-electron chi connectivity index (χ1n) is 7.28. The van der Waals surface area contributed by atoms with E-state index < -0.39 is 21.9 Å². The number of carbonyl (C=O) groups is 2. The first kappa shape index (κ1) is 16.7. The van der Waals surface area contributed by atoms with Crippen LogP contribution in [0.2, 0.25) is 0 Å². The van der Waals surface area contributed by atoms with Gasteiger partial charge in [-0.25, -0.2) is 17.5 Å². The first-order valence-corrected chi connectivity index (χ1v) is 8.72. The summed E-state index contributed by atoms with van der Waals surface area (Å²) in [5.41, 5.74) is 0.752. The number of rotatable bonds is 4. The number of nitrogens with zero attached hydrogens (tertiary/aromatic N) is 2. The Balaban J connectivity index is 1.65. The van der Waals surface area contributed by atoms with Crippen molar-refractivity contribution in [3.63, 3.8) is 0 Å². The summed E-state index contributed by atoms with van der Waals surface area (Å²) in [7, 11) is -3.91. The van der Waals surface area contributed by atoms with Gasteiger partial charge in [0.25, 0.3) is 15.9 Å². The predicted molar refractivity (Wildman–Crippen MR) is 86.1 cm³/mol. The van der Waals surface area contributed by atoms with E-state index in [9.17, 15) is 18.0 Å². The zero-order valence-corrected chi connectivity index (χ0v) is 13.7. The van der Waals surface area contributed by atoms with E-state index in [-0.39, 0.29) is 29.2 Å². The van der Waals surface area contributed by atoms with Gasteiger partial charge >= 0.3 is 5.97 Å². The lowest BCUT2D eigenvalue weighted by Crippen LogP contribution is -2.33. The van der Waals surface area contributed by atoms with Crippen molar-refractivity contribution in [1.82, 2.24) is 4.31 Å². The second-order valence-corrected chi connectivity index (χ2v) is 7.03. The molecule has 0 atom stereocenters. The summed E-state index contributed by atoms with van der Waals surface area (Å²) >= 11 is 0. The standard InChI is InChI=1S/C17H12N2O5S/c18-11-12-5-7-13(8-6-12)17(21)24-10-9-19-16(20)14-3-1-2-4-15(14)25(19,22)23/h1-8H,9-10H2. The van der Waals surface area contributed by atoms with Crippen molar-refractivity contribution in [2.24, 2.45) is 0 Å². The van der Waals surface area contributed by atoms with E-state index in [2.05, 4.69) is 0 Å². The maximum absolute atomic E-state index is 12.3. The second-order valence-electron chi connectivity index (χ2n) is 5.20. The maximum atomic E-state index is 12.3. The first-order chi connectivity index (χ1) is 11.9. The van der Waals surface area contributed by atoms with Gasteiger partial charge in [-0.2, -0.15) is 5.26 Å². The number of fused-ring (bicyclic) bond motifs is 1. The molecular formula is C17H12N2O5S. The second kappa shape index (κ2) is 6.37. The Labute approximate surface area is 144 Å². The molecule has 0 radical (unpaired) electrons. The van der Waals surface area contributed by atoms with E-state index in [1.165, 1.54) is 42.5 Å². The number of ether oxygens (including phenoxy) is 1. The van der Waals surface area contributed by atoms with Gasteiger partial charge in [-0.05, 0) is 36.4 Å². The van der Waals surface area contributed by atoms with Crippen molar-refractivity contribution >= 4 is 21.9 Å². The quantitative estimate of drug-likeness (QED) is 0.770. The van der Waals surface area contributed by atoms with Gasteiger partial charge in [-0.3, -0.25) is 4.79 Å². The zero-order chi connectivity index (χ0) is 18.0. The number of esters is 1. The fourth-order valence-corrected chi connectivity index (χ4v) is 3.99. The Morgan fingerprint density at radius 1 is 1.12 bits per heavy atom. The Hall–Kier alpha value is -3.18. The van der Waals surface area contributed by atoms with Crippen LogP contribution in [0.3, 0.4) is 0 Å². The Morgan fingerprint density at radius 3 is 2.44 bits per heavy atom. The van der Waals surface area contributed by atoms with Crippen LogP contribution >= 0.6 is 0 Å². The van der Waals surface area contributed by atoms with Crippen molar-refractivity contribution in [1.29, 1.82) is 5.26 Å². The lowest BCUT2D eigenvalue weighted by Gasteiger charge is -2.15. The summed E-state index contributed by atoms with van der Waals surface area (Å²) in [6.45, 7) is -0.532. The van der Waals surface area contributed by atoms with E-state index in [1.54, 1.807) is 6.07 Å². The van der Waals surface area contributed by atoms with Crippen LogP contribution in [0, 0.1) is 11.3 Å². The highest BCUT2D eigenvalue weighted by Gasteiger charge is 2.40. The van der Waals surface area contributed by atoms with Crippen molar-refractivity contribution in [3.05, 3.63) is 65.2 Å². The Kier molecular flexibility index (Phi) is 4.25. The fraction of sp³-hybridized carbons (Fsp3) is 0.118. The van der Waals surface area contributed by atoms with Crippen molar-refractivity contribution in [2.75, 3.05) is 13.2 Å². The molecule has 8 heteroatoms. The Bertz CT molecular complexity index is 990. The maximum Gasteiger partial charge on any atom is 0.338 e. The third kappa shape index (κ3) is 2.97. The van der Waals surface area contributed by atoms with E-state index in [4.69, 9.17) is 10.00 Å². The SMILES string of the molecule is N#Cc1ccc(C(=O)OCCN2C(=O)c3ccccc3S2(=O)=O)cc1. The summed E-state index contributed by atoms with van der Waals surface area (Å²) in [5.74, 6) is -1.30. The smallest absolute Gasteiger partial charge is 0.338 e. The number of benzene rings is 2. The molecule has 1 heterocycles. The minimum atomic E-state index is -3.91. The van der Waals surface area contributed by atoms with Crippen molar-refractivity contribution in [3.8, 4) is 6.07 Å². The van der Waals surface area contributed by atoms with Gasteiger partial charge < -0.3 is 4.74 Å². The molecule has 1 amide bonds. The fourth-order valence-electron chi connectivity index (χ4n) is 2.44. The average molecular weight is 356 g/mol. The molecule has 0 spiro atoms. The summed E-state index contributed by atoms with van der Waals surface area (Å²) in [6, 6.07) is 13.7. The molecule has 0 aromatic heterocycles. The zero-order valence-electron chi connectivity index (χ0n) is 12.9. The molecule has 126 valence electrons. The number of amides is 1. The highest BCUT2D eigenvalue weighted by Crippen LogP contribution is 2.29. The molecule has 0 bridgehead atoms. The predicted octanol–water partition coefficient (Wildman–Crippen LogP) is 1.56. The molecule has 2 aromatic rings. The molecule has 0 saturated carbocycles. The summed E-state index contributed by atoms with van der Waals surface area (Å²) in [4.78, 5) is 24.1. The summed E-state index contributed by atoms with van der Waals surface area (Å²) < 4.78 is 30.4. The Morgan fingerprint density at radius 2 is 1.80 bits per heavy atom. The molecule has 0 saturated heterocycles. The van der Waals surface area contributed by atoms with Crippen LogP contribution < -0.4 is 0 Å². The summed E-state index contributed by atoms with van der Waals surface area (Å²) in [5, 5.41) is 8.72. The van der Waals surface area contributed by atoms with Crippen molar-refractivity contribution in [2.45, 2.75) is 4.90 Å². The monoisotopic (exact) mass is 356 g/mol. The van der Waals surface area contributed by atoms with Crippen molar-refractivity contribution < 1.29 is 22.7 Å².